The summed E-state index contributed by atoms with van der Waals surface area (Å²) in [6.07, 6.45) is 6.02. The highest BCUT2D eigenvalue weighted by Crippen LogP contribution is 2.18. The van der Waals surface area contributed by atoms with E-state index in [1.54, 1.807) is 13.8 Å². The lowest BCUT2D eigenvalue weighted by Gasteiger charge is -2.20. The quantitative estimate of drug-likeness (QED) is 0.596. The van der Waals surface area contributed by atoms with Crippen LogP contribution in [0.15, 0.2) is 35.5 Å². The normalized spacial score (nSPS) is 33.3. The van der Waals surface area contributed by atoms with Gasteiger partial charge in [-0.3, -0.25) is 9.59 Å². The third kappa shape index (κ3) is 5.31. The number of cyclic esters (lactones) is 1. The van der Waals surface area contributed by atoms with Gasteiger partial charge in [-0.1, -0.05) is 18.2 Å². The van der Waals surface area contributed by atoms with Crippen molar-refractivity contribution in [2.24, 2.45) is 5.92 Å². The molecule has 1 N–H and O–H groups in total. The standard InChI is InChI=1S/C17H24O4/c1-5-11(2)16-9-7-12(3)15(19)10-14(18)8-6-13(4)17(20)21-16/h5-8,13,15-16,19H,9-10H2,1-4H3/b8-6+,11-5-,12-7+. The summed E-state index contributed by atoms with van der Waals surface area (Å²) >= 11 is 0. The van der Waals surface area contributed by atoms with Gasteiger partial charge in [0.05, 0.1) is 12.0 Å². The van der Waals surface area contributed by atoms with Crippen LogP contribution in [-0.2, 0) is 14.3 Å². The Morgan fingerprint density at radius 2 is 2.10 bits per heavy atom. The first-order chi connectivity index (χ1) is 9.85. The van der Waals surface area contributed by atoms with E-state index in [0.29, 0.717) is 6.42 Å². The minimum Gasteiger partial charge on any atom is -0.457 e. The van der Waals surface area contributed by atoms with E-state index in [1.807, 2.05) is 26.0 Å². The van der Waals surface area contributed by atoms with Crippen LogP contribution < -0.4 is 0 Å². The maximum Gasteiger partial charge on any atom is 0.313 e. The van der Waals surface area contributed by atoms with Crippen LogP contribution in [0.2, 0.25) is 0 Å². The van der Waals surface area contributed by atoms with E-state index in [9.17, 15) is 14.7 Å². The summed E-state index contributed by atoms with van der Waals surface area (Å²) in [6, 6.07) is 0. The zero-order chi connectivity index (χ0) is 16.0. The molecule has 3 atom stereocenters. The number of ether oxygens (including phenoxy) is 1. The molecule has 0 saturated carbocycles. The third-order valence-corrected chi connectivity index (χ3v) is 3.74. The number of ketones is 1. The number of rotatable bonds is 1. The largest absolute Gasteiger partial charge is 0.457 e. The maximum absolute atomic E-state index is 12.0. The Labute approximate surface area is 126 Å². The summed E-state index contributed by atoms with van der Waals surface area (Å²) in [4.78, 5) is 23.7. The number of hydrogen-bond acceptors (Lipinski definition) is 4. The zero-order valence-electron chi connectivity index (χ0n) is 13.1. The average Bonchev–Trinajstić information content (AvgIpc) is 2.46. The lowest BCUT2D eigenvalue weighted by atomic mass is 10.00. The Hall–Kier alpha value is -1.68. The van der Waals surface area contributed by atoms with Crippen LogP contribution in [0.25, 0.3) is 0 Å². The van der Waals surface area contributed by atoms with Gasteiger partial charge in [0.25, 0.3) is 0 Å². The zero-order valence-corrected chi connectivity index (χ0v) is 13.1. The number of hydrogen-bond donors (Lipinski definition) is 1. The molecule has 4 heteroatoms. The van der Waals surface area contributed by atoms with Crippen molar-refractivity contribution in [3.63, 3.8) is 0 Å². The second kappa shape index (κ2) is 7.93. The fourth-order valence-electron chi connectivity index (χ4n) is 1.94. The molecule has 4 nitrogen and oxygen atoms in total. The molecule has 1 aliphatic heterocycles. The molecule has 0 fully saturated rings. The molecule has 0 aromatic heterocycles. The highest BCUT2D eigenvalue weighted by molar-refractivity contribution is 5.91. The van der Waals surface area contributed by atoms with Crippen molar-refractivity contribution in [1.82, 2.24) is 0 Å². The van der Waals surface area contributed by atoms with E-state index in [-0.39, 0.29) is 24.3 Å². The van der Waals surface area contributed by atoms with E-state index < -0.39 is 12.0 Å². The number of carbonyl (C=O) groups is 2. The number of aliphatic hydroxyl groups excluding tert-OH is 1. The predicted octanol–water partition coefficient (Wildman–Crippen LogP) is 2.73. The van der Waals surface area contributed by atoms with Crippen molar-refractivity contribution >= 4 is 11.8 Å². The van der Waals surface area contributed by atoms with Gasteiger partial charge in [0.15, 0.2) is 5.78 Å². The van der Waals surface area contributed by atoms with E-state index >= 15 is 0 Å². The first-order valence-electron chi connectivity index (χ1n) is 7.24. The smallest absolute Gasteiger partial charge is 0.313 e. The molecule has 0 amide bonds. The average molecular weight is 292 g/mol. The molecule has 0 aliphatic carbocycles. The van der Waals surface area contributed by atoms with E-state index in [2.05, 4.69) is 0 Å². The van der Waals surface area contributed by atoms with Crippen LogP contribution in [0.5, 0.6) is 0 Å². The fraction of sp³-hybridized carbons (Fsp3) is 0.529. The molecule has 0 radical (unpaired) electrons. The van der Waals surface area contributed by atoms with Crippen molar-refractivity contribution in [2.45, 2.75) is 52.7 Å². The second-order valence-corrected chi connectivity index (χ2v) is 5.48. The maximum atomic E-state index is 12.0. The Balaban J connectivity index is 3.05. The van der Waals surface area contributed by atoms with Crippen LogP contribution in [0.4, 0.5) is 0 Å². The molecule has 0 aromatic carbocycles. The van der Waals surface area contributed by atoms with E-state index in [1.165, 1.54) is 12.2 Å². The van der Waals surface area contributed by atoms with E-state index in [0.717, 1.165) is 11.1 Å². The van der Waals surface area contributed by atoms with Crippen molar-refractivity contribution in [1.29, 1.82) is 0 Å². The van der Waals surface area contributed by atoms with Crippen LogP contribution >= 0.6 is 0 Å². The highest BCUT2D eigenvalue weighted by Gasteiger charge is 2.21. The predicted molar refractivity (Wildman–Crippen MR) is 81.6 cm³/mol. The van der Waals surface area contributed by atoms with Crippen molar-refractivity contribution in [2.75, 3.05) is 0 Å². The van der Waals surface area contributed by atoms with Crippen LogP contribution in [-0.4, -0.2) is 29.1 Å². The lowest BCUT2D eigenvalue weighted by Crippen LogP contribution is -2.24. The number of carbonyl (C=O) groups excluding carboxylic acids is 2. The molecule has 1 heterocycles. The molecule has 0 aromatic rings. The van der Waals surface area contributed by atoms with Gasteiger partial charge in [-0.15, -0.1) is 0 Å². The molecule has 1 aliphatic rings. The summed E-state index contributed by atoms with van der Waals surface area (Å²) < 4.78 is 5.51. The van der Waals surface area contributed by atoms with Gasteiger partial charge < -0.3 is 9.84 Å². The molecule has 0 saturated heterocycles. The minimum absolute atomic E-state index is 0.0356. The number of allylic oxidation sites excluding steroid dienone is 2. The Bertz CT molecular complexity index is 485. The molecule has 3 unspecified atom stereocenters. The third-order valence-electron chi connectivity index (χ3n) is 3.74. The number of esters is 1. The molecular formula is C17H24O4. The van der Waals surface area contributed by atoms with Crippen molar-refractivity contribution < 1.29 is 19.4 Å². The van der Waals surface area contributed by atoms with Gasteiger partial charge in [0, 0.05) is 12.8 Å². The SMILES string of the molecule is C/C=C(/C)C1C/C=C(\C)C(O)CC(=O)/C=C/C(C)C(=O)O1. The molecule has 1 rings (SSSR count). The Morgan fingerprint density at radius 3 is 2.71 bits per heavy atom. The van der Waals surface area contributed by atoms with Gasteiger partial charge in [0.2, 0.25) is 0 Å². The molecular weight excluding hydrogens is 268 g/mol. The van der Waals surface area contributed by atoms with Crippen LogP contribution in [0, 0.1) is 5.92 Å². The molecule has 0 spiro atoms. The van der Waals surface area contributed by atoms with Crippen LogP contribution in [0.3, 0.4) is 0 Å². The Morgan fingerprint density at radius 1 is 1.43 bits per heavy atom. The summed E-state index contributed by atoms with van der Waals surface area (Å²) in [6.45, 7) is 7.28. The Kier molecular flexibility index (Phi) is 6.56. The van der Waals surface area contributed by atoms with Gasteiger partial charge in [-0.05, 0) is 44.9 Å². The molecule has 0 bridgehead atoms. The van der Waals surface area contributed by atoms with Crippen LogP contribution in [0.1, 0.15) is 40.5 Å². The lowest BCUT2D eigenvalue weighted by molar-refractivity contribution is -0.149. The summed E-state index contributed by atoms with van der Waals surface area (Å²) in [5.74, 6) is -1.03. The summed E-state index contributed by atoms with van der Waals surface area (Å²) in [5, 5.41) is 9.99. The number of aliphatic hydroxyl groups is 1. The van der Waals surface area contributed by atoms with E-state index in [4.69, 9.17) is 4.74 Å². The van der Waals surface area contributed by atoms with Crippen molar-refractivity contribution in [3.8, 4) is 0 Å². The topological polar surface area (TPSA) is 63.6 Å². The first-order valence-corrected chi connectivity index (χ1v) is 7.24. The summed E-state index contributed by atoms with van der Waals surface area (Å²) in [7, 11) is 0. The molecule has 116 valence electrons. The molecule has 21 heavy (non-hydrogen) atoms. The van der Waals surface area contributed by atoms with Gasteiger partial charge in [-0.2, -0.15) is 0 Å². The fourth-order valence-corrected chi connectivity index (χ4v) is 1.94. The second-order valence-electron chi connectivity index (χ2n) is 5.48. The highest BCUT2D eigenvalue weighted by atomic mass is 16.5. The first kappa shape index (κ1) is 17.4. The van der Waals surface area contributed by atoms with Gasteiger partial charge in [0.1, 0.15) is 6.10 Å². The monoisotopic (exact) mass is 292 g/mol. The van der Waals surface area contributed by atoms with Gasteiger partial charge in [-0.25, -0.2) is 0 Å². The van der Waals surface area contributed by atoms with Crippen molar-refractivity contribution in [3.05, 3.63) is 35.5 Å². The minimum atomic E-state index is -0.792. The van der Waals surface area contributed by atoms with Gasteiger partial charge >= 0.3 is 5.97 Å². The summed E-state index contributed by atoms with van der Waals surface area (Å²) in [5.41, 5.74) is 1.68.